The van der Waals surface area contributed by atoms with Crippen LogP contribution < -0.4 is 5.32 Å². The molecular weight excluding hydrogens is 548 g/mol. The lowest BCUT2D eigenvalue weighted by Gasteiger charge is -2.36. The van der Waals surface area contributed by atoms with Gasteiger partial charge in [-0.05, 0) is 22.3 Å². The molecule has 4 rings (SSSR count). The molecule has 0 aliphatic heterocycles. The summed E-state index contributed by atoms with van der Waals surface area (Å²) in [5, 5.41) is 12.2. The molecule has 2 N–H and O–H groups in total. The van der Waals surface area contributed by atoms with Gasteiger partial charge in [0.25, 0.3) is 0 Å². The van der Waals surface area contributed by atoms with Crippen molar-refractivity contribution < 1.29 is 24.2 Å². The number of benzene rings is 4. The molecule has 0 spiro atoms. The van der Waals surface area contributed by atoms with Crippen LogP contribution in [0.1, 0.15) is 22.3 Å². The van der Waals surface area contributed by atoms with Gasteiger partial charge in [-0.25, -0.2) is 4.79 Å². The highest BCUT2D eigenvalue weighted by Crippen LogP contribution is 2.48. The number of thioether (sulfide) groups is 1. The van der Waals surface area contributed by atoms with Gasteiger partial charge in [0.05, 0.1) is 24.9 Å². The van der Waals surface area contributed by atoms with Crippen molar-refractivity contribution in [2.24, 2.45) is 0 Å². The molecule has 0 heterocycles. The monoisotopic (exact) mass is 582 g/mol. The zero-order valence-electron chi connectivity index (χ0n) is 23.4. The fourth-order valence-corrected chi connectivity index (χ4v) is 6.48. The maximum atomic E-state index is 13.2. The fourth-order valence-electron chi connectivity index (χ4n) is 4.93. The zero-order chi connectivity index (χ0) is 29.8. The number of carboxylic acid groups (broad SMARTS) is 1. The zero-order valence-corrected chi connectivity index (χ0v) is 24.2. The normalized spacial score (nSPS) is 12.0. The number of hydrogen-bond donors (Lipinski definition) is 2. The third-order valence-corrected chi connectivity index (χ3v) is 8.44. The van der Waals surface area contributed by atoms with Gasteiger partial charge >= 0.3 is 11.9 Å². The largest absolute Gasteiger partial charge is 0.480 e. The Labute approximate surface area is 250 Å². The highest BCUT2D eigenvalue weighted by molar-refractivity contribution is 8.00. The summed E-state index contributed by atoms with van der Waals surface area (Å²) in [7, 11) is 1.29. The van der Waals surface area contributed by atoms with Gasteiger partial charge < -0.3 is 15.2 Å². The molecule has 216 valence electrons. The van der Waals surface area contributed by atoms with Crippen LogP contribution in [0.5, 0.6) is 0 Å². The summed E-state index contributed by atoms with van der Waals surface area (Å²) in [6, 6.07) is 38.5. The molecule has 1 atom stereocenters. The summed E-state index contributed by atoms with van der Waals surface area (Å²) in [6.07, 6.45) is 0. The lowest BCUT2D eigenvalue weighted by Crippen LogP contribution is -2.48. The van der Waals surface area contributed by atoms with Crippen LogP contribution in [0, 0.1) is 0 Å². The van der Waals surface area contributed by atoms with E-state index in [1.165, 1.54) is 23.8 Å². The van der Waals surface area contributed by atoms with Gasteiger partial charge in [-0.15, -0.1) is 11.8 Å². The maximum Gasteiger partial charge on any atom is 0.329 e. The van der Waals surface area contributed by atoms with Crippen LogP contribution in [0.15, 0.2) is 121 Å². The van der Waals surface area contributed by atoms with Crippen molar-refractivity contribution in [2.75, 3.05) is 26.0 Å². The molecule has 0 aliphatic rings. The van der Waals surface area contributed by atoms with Crippen molar-refractivity contribution >= 4 is 29.6 Å². The summed E-state index contributed by atoms with van der Waals surface area (Å²) in [5.41, 5.74) is 3.96. The first-order valence-corrected chi connectivity index (χ1v) is 14.6. The van der Waals surface area contributed by atoms with Gasteiger partial charge in [0, 0.05) is 12.3 Å². The summed E-state index contributed by atoms with van der Waals surface area (Å²) < 4.78 is 4.40. The third kappa shape index (κ3) is 7.87. The van der Waals surface area contributed by atoms with Gasteiger partial charge in [-0.1, -0.05) is 121 Å². The fraction of sp³-hybridized carbons (Fsp3) is 0.206. The molecular formula is C34H34N2O5S. The molecule has 0 saturated heterocycles. The number of methoxy groups -OCH3 is 1. The first kappa shape index (κ1) is 30.6. The van der Waals surface area contributed by atoms with Crippen LogP contribution in [0.4, 0.5) is 0 Å². The summed E-state index contributed by atoms with van der Waals surface area (Å²) in [5.74, 6) is -1.88. The number of carbonyl (C=O) groups excluding carboxylic acids is 2. The van der Waals surface area contributed by atoms with E-state index in [4.69, 9.17) is 4.74 Å². The minimum atomic E-state index is -1.04. The van der Waals surface area contributed by atoms with E-state index in [1.807, 2.05) is 84.9 Å². The predicted molar refractivity (Wildman–Crippen MR) is 165 cm³/mol. The van der Waals surface area contributed by atoms with Crippen molar-refractivity contribution in [2.45, 2.75) is 17.3 Å². The number of ether oxygens (including phenoxy) is 1. The maximum absolute atomic E-state index is 13.2. The number of aliphatic carboxylic acids is 1. The number of nitrogens with one attached hydrogen (secondary N) is 1. The molecule has 4 aromatic carbocycles. The molecule has 8 heteroatoms. The quantitative estimate of drug-likeness (QED) is 0.160. The number of carboxylic acids is 1. The molecule has 1 amide bonds. The Morgan fingerprint density at radius 1 is 0.762 bits per heavy atom. The molecule has 4 aromatic rings. The average Bonchev–Trinajstić information content (AvgIpc) is 3.02. The van der Waals surface area contributed by atoms with E-state index < -0.39 is 28.6 Å². The molecule has 0 bridgehead atoms. The first-order valence-electron chi connectivity index (χ1n) is 13.6. The van der Waals surface area contributed by atoms with Crippen LogP contribution in [0.25, 0.3) is 0 Å². The Morgan fingerprint density at radius 2 is 1.21 bits per heavy atom. The highest BCUT2D eigenvalue weighted by atomic mass is 32.2. The lowest BCUT2D eigenvalue weighted by molar-refractivity contribution is -0.145. The van der Waals surface area contributed by atoms with Crippen LogP contribution >= 0.6 is 11.8 Å². The minimum Gasteiger partial charge on any atom is -0.480 e. The van der Waals surface area contributed by atoms with E-state index in [-0.39, 0.29) is 25.4 Å². The lowest BCUT2D eigenvalue weighted by atomic mass is 9.84. The Kier molecular flexibility index (Phi) is 10.9. The van der Waals surface area contributed by atoms with E-state index in [9.17, 15) is 19.5 Å². The SMILES string of the molecule is COC(=O)[C@@H](CSC(c1ccccc1)(c1ccccc1)c1ccccc1)NC(=O)CN(CC(=O)O)Cc1ccccc1. The van der Waals surface area contributed by atoms with Crippen LogP contribution in [0.3, 0.4) is 0 Å². The molecule has 0 aromatic heterocycles. The van der Waals surface area contributed by atoms with E-state index in [1.54, 1.807) is 0 Å². The molecule has 0 fully saturated rings. The number of amides is 1. The van der Waals surface area contributed by atoms with Crippen molar-refractivity contribution in [3.05, 3.63) is 144 Å². The van der Waals surface area contributed by atoms with Crippen LogP contribution in [0.2, 0.25) is 0 Å². The van der Waals surface area contributed by atoms with Crippen molar-refractivity contribution in [1.29, 1.82) is 0 Å². The van der Waals surface area contributed by atoms with Gasteiger partial charge in [-0.2, -0.15) is 0 Å². The van der Waals surface area contributed by atoms with E-state index in [0.717, 1.165) is 22.3 Å². The van der Waals surface area contributed by atoms with Crippen LogP contribution in [-0.4, -0.2) is 59.8 Å². The summed E-state index contributed by atoms with van der Waals surface area (Å²) in [4.78, 5) is 39.2. The molecule has 0 aliphatic carbocycles. The minimum absolute atomic E-state index is 0.194. The topological polar surface area (TPSA) is 95.9 Å². The van der Waals surface area contributed by atoms with Gasteiger partial charge in [0.1, 0.15) is 6.04 Å². The van der Waals surface area contributed by atoms with E-state index in [2.05, 4.69) is 41.7 Å². The van der Waals surface area contributed by atoms with E-state index in [0.29, 0.717) is 0 Å². The number of rotatable bonds is 14. The summed E-state index contributed by atoms with van der Waals surface area (Å²) in [6.45, 7) is -0.239. The molecule has 42 heavy (non-hydrogen) atoms. The summed E-state index contributed by atoms with van der Waals surface area (Å²) >= 11 is 1.53. The third-order valence-electron chi connectivity index (χ3n) is 6.80. The highest BCUT2D eigenvalue weighted by Gasteiger charge is 2.38. The van der Waals surface area contributed by atoms with Crippen molar-refractivity contribution in [1.82, 2.24) is 10.2 Å². The van der Waals surface area contributed by atoms with Gasteiger partial charge in [0.2, 0.25) is 5.91 Å². The van der Waals surface area contributed by atoms with Gasteiger partial charge in [-0.3, -0.25) is 14.5 Å². The number of esters is 1. The average molecular weight is 583 g/mol. The Hall–Kier alpha value is -4.40. The van der Waals surface area contributed by atoms with Gasteiger partial charge in [0.15, 0.2) is 0 Å². The van der Waals surface area contributed by atoms with Crippen molar-refractivity contribution in [3.8, 4) is 0 Å². The Balaban J connectivity index is 1.61. The second-order valence-corrected chi connectivity index (χ2v) is 11.0. The second kappa shape index (κ2) is 15.0. The number of nitrogens with zero attached hydrogens (tertiary/aromatic N) is 1. The Bertz CT molecular complexity index is 1340. The molecule has 0 radical (unpaired) electrons. The Morgan fingerprint density at radius 3 is 1.64 bits per heavy atom. The van der Waals surface area contributed by atoms with E-state index >= 15 is 0 Å². The second-order valence-electron chi connectivity index (χ2n) is 9.76. The predicted octanol–water partition coefficient (Wildman–Crippen LogP) is 4.96. The van der Waals surface area contributed by atoms with Crippen LogP contribution in [-0.2, 0) is 30.4 Å². The number of carbonyl (C=O) groups is 3. The van der Waals surface area contributed by atoms with Crippen molar-refractivity contribution in [3.63, 3.8) is 0 Å². The smallest absolute Gasteiger partial charge is 0.329 e. The molecule has 7 nitrogen and oxygen atoms in total. The first-order chi connectivity index (χ1) is 20.4. The molecule has 0 saturated carbocycles. The standard InChI is InChI=1S/C34H34N2O5S/c1-41-33(40)30(35-31(37)23-36(24-32(38)39)22-26-14-6-2-7-15-26)25-42-34(27-16-8-3-9-17-27,28-18-10-4-11-19-28)29-20-12-5-13-21-29/h2-21,30H,22-25H2,1H3,(H,35,37)(H,38,39)/t30-/m1/s1. The number of hydrogen-bond acceptors (Lipinski definition) is 6. The molecule has 0 unspecified atom stereocenters.